The summed E-state index contributed by atoms with van der Waals surface area (Å²) in [5.74, 6) is 0.793. The van der Waals surface area contributed by atoms with Crippen molar-refractivity contribution in [3.05, 3.63) is 101 Å². The van der Waals surface area contributed by atoms with Crippen molar-refractivity contribution in [3.8, 4) is 5.75 Å². The third kappa shape index (κ3) is 7.76. The molecule has 2 N–H and O–H groups in total. The van der Waals surface area contributed by atoms with Crippen molar-refractivity contribution in [3.63, 3.8) is 0 Å². The number of hydrogen-bond donors (Lipinski definition) is 2. The summed E-state index contributed by atoms with van der Waals surface area (Å²) in [4.78, 5) is 12.8. The Hall–Kier alpha value is -3.11. The molecule has 0 radical (unpaired) electrons. The van der Waals surface area contributed by atoms with E-state index in [0.29, 0.717) is 12.8 Å². The van der Waals surface area contributed by atoms with Crippen LogP contribution in [0.4, 0.5) is 0 Å². The molecule has 0 aliphatic carbocycles. The van der Waals surface area contributed by atoms with Gasteiger partial charge in [-0.3, -0.25) is 4.79 Å². The maximum Gasteiger partial charge on any atom is 0.258 e. The minimum absolute atomic E-state index is 0.0801. The van der Waals surface area contributed by atoms with E-state index in [0.717, 1.165) is 28.9 Å². The molecule has 1 amide bonds. The monoisotopic (exact) mass is 445 g/mol. The fourth-order valence-electron chi connectivity index (χ4n) is 4.24. The molecule has 0 aliphatic rings. The summed E-state index contributed by atoms with van der Waals surface area (Å²) in [6.45, 7) is 6.00. The number of aliphatic hydroxyl groups excluding tert-OH is 1. The molecule has 0 saturated carbocycles. The zero-order valence-electron chi connectivity index (χ0n) is 19.8. The number of aryl methyl sites for hydroxylation is 2. The smallest absolute Gasteiger partial charge is 0.258 e. The minimum Gasteiger partial charge on any atom is -0.483 e. The Morgan fingerprint density at radius 2 is 1.39 bits per heavy atom. The van der Waals surface area contributed by atoms with Crippen molar-refractivity contribution in [1.29, 1.82) is 0 Å². The number of benzene rings is 3. The number of carbonyl (C=O) groups is 1. The molecular formula is C29H35NO3. The van der Waals surface area contributed by atoms with Crippen LogP contribution in [0.3, 0.4) is 0 Å². The SMILES string of the molecule is Cc1cccc(C)c1OCC(=O)N[C@@H](Cc1ccccc1)[C@@H](O)C[C@@H](C)Cc1ccccc1. The van der Waals surface area contributed by atoms with E-state index in [9.17, 15) is 9.90 Å². The molecule has 174 valence electrons. The molecular weight excluding hydrogens is 410 g/mol. The highest BCUT2D eigenvalue weighted by atomic mass is 16.5. The molecule has 0 bridgehead atoms. The van der Waals surface area contributed by atoms with Gasteiger partial charge in [0.15, 0.2) is 6.61 Å². The Balaban J connectivity index is 1.63. The maximum absolute atomic E-state index is 12.8. The third-order valence-electron chi connectivity index (χ3n) is 5.94. The number of hydrogen-bond acceptors (Lipinski definition) is 3. The Morgan fingerprint density at radius 3 is 1.97 bits per heavy atom. The summed E-state index contributed by atoms with van der Waals surface area (Å²) >= 11 is 0. The van der Waals surface area contributed by atoms with Gasteiger partial charge in [-0.1, -0.05) is 85.8 Å². The van der Waals surface area contributed by atoms with Crippen molar-refractivity contribution in [2.45, 2.75) is 52.2 Å². The first-order valence-electron chi connectivity index (χ1n) is 11.7. The largest absolute Gasteiger partial charge is 0.483 e. The van der Waals surface area contributed by atoms with Crippen LogP contribution < -0.4 is 10.1 Å². The fraction of sp³-hybridized carbons (Fsp3) is 0.345. The number of nitrogens with one attached hydrogen (secondary N) is 1. The van der Waals surface area contributed by atoms with Crippen molar-refractivity contribution in [2.75, 3.05) is 6.61 Å². The third-order valence-corrected chi connectivity index (χ3v) is 5.94. The number of ether oxygens (including phenoxy) is 1. The van der Waals surface area contributed by atoms with Crippen LogP contribution in [0.5, 0.6) is 5.75 Å². The second-order valence-corrected chi connectivity index (χ2v) is 8.97. The molecule has 4 nitrogen and oxygen atoms in total. The van der Waals surface area contributed by atoms with E-state index in [2.05, 4.69) is 24.4 Å². The number of rotatable bonds is 11. The highest BCUT2D eigenvalue weighted by molar-refractivity contribution is 5.78. The van der Waals surface area contributed by atoms with Crippen LogP contribution >= 0.6 is 0 Å². The van der Waals surface area contributed by atoms with Crippen LogP contribution in [0.15, 0.2) is 78.9 Å². The van der Waals surface area contributed by atoms with Gasteiger partial charge in [-0.2, -0.15) is 0 Å². The molecule has 0 aliphatic heterocycles. The van der Waals surface area contributed by atoms with Crippen LogP contribution in [0.25, 0.3) is 0 Å². The Bertz CT molecular complexity index is 984. The van der Waals surface area contributed by atoms with Gasteiger partial charge in [-0.15, -0.1) is 0 Å². The van der Waals surface area contributed by atoms with E-state index in [4.69, 9.17) is 4.74 Å². The van der Waals surface area contributed by atoms with E-state index < -0.39 is 6.10 Å². The topological polar surface area (TPSA) is 58.6 Å². The molecule has 0 spiro atoms. The Labute approximate surface area is 197 Å². The quantitative estimate of drug-likeness (QED) is 0.435. The van der Waals surface area contributed by atoms with Crippen LogP contribution in [-0.2, 0) is 17.6 Å². The van der Waals surface area contributed by atoms with E-state index in [1.54, 1.807) is 0 Å². The normalized spacial score (nSPS) is 13.7. The molecule has 3 aromatic carbocycles. The summed E-state index contributed by atoms with van der Waals surface area (Å²) in [7, 11) is 0. The number of carbonyl (C=O) groups excluding carboxylic acids is 1. The Kier molecular flexibility index (Phi) is 9.08. The molecule has 0 unspecified atom stereocenters. The lowest BCUT2D eigenvalue weighted by molar-refractivity contribution is -0.124. The van der Waals surface area contributed by atoms with Gasteiger partial charge < -0.3 is 15.2 Å². The predicted molar refractivity (Wildman–Crippen MR) is 133 cm³/mol. The first-order chi connectivity index (χ1) is 15.9. The minimum atomic E-state index is -0.659. The van der Waals surface area contributed by atoms with E-state index in [1.165, 1.54) is 5.56 Å². The van der Waals surface area contributed by atoms with Gasteiger partial charge >= 0.3 is 0 Å². The van der Waals surface area contributed by atoms with Gasteiger partial charge in [-0.05, 0) is 61.3 Å². The van der Waals surface area contributed by atoms with Gasteiger partial charge in [0.05, 0.1) is 12.1 Å². The summed E-state index contributed by atoms with van der Waals surface area (Å²) in [6, 6.07) is 25.8. The standard InChI is InChI=1S/C29H35NO3/c1-21(17-24-13-6-4-7-14-24)18-27(31)26(19-25-15-8-5-9-16-25)30-28(32)20-33-29-22(2)11-10-12-23(29)3/h4-16,21,26-27,31H,17-20H2,1-3H3,(H,30,32)/t21-,26-,27-/m0/s1. The van der Waals surface area contributed by atoms with E-state index >= 15 is 0 Å². The van der Waals surface area contributed by atoms with Crippen LogP contribution in [-0.4, -0.2) is 29.8 Å². The Morgan fingerprint density at radius 1 is 0.848 bits per heavy atom. The highest BCUT2D eigenvalue weighted by Gasteiger charge is 2.24. The number of aliphatic hydroxyl groups is 1. The van der Waals surface area contributed by atoms with E-state index in [-0.39, 0.29) is 24.5 Å². The number of para-hydroxylation sites is 1. The average molecular weight is 446 g/mol. The molecule has 0 heterocycles. The molecule has 3 aromatic rings. The second kappa shape index (κ2) is 12.2. The van der Waals surface area contributed by atoms with Crippen molar-refractivity contribution in [2.24, 2.45) is 5.92 Å². The molecule has 3 atom stereocenters. The lowest BCUT2D eigenvalue weighted by Crippen LogP contribution is -2.47. The zero-order chi connectivity index (χ0) is 23.6. The lowest BCUT2D eigenvalue weighted by Gasteiger charge is -2.27. The second-order valence-electron chi connectivity index (χ2n) is 8.97. The van der Waals surface area contributed by atoms with Crippen molar-refractivity contribution in [1.82, 2.24) is 5.32 Å². The zero-order valence-corrected chi connectivity index (χ0v) is 19.8. The van der Waals surface area contributed by atoms with Crippen LogP contribution in [0.2, 0.25) is 0 Å². The first-order valence-corrected chi connectivity index (χ1v) is 11.7. The lowest BCUT2D eigenvalue weighted by atomic mass is 9.90. The van der Waals surface area contributed by atoms with Gasteiger partial charge in [0, 0.05) is 0 Å². The first kappa shape index (κ1) is 24.5. The maximum atomic E-state index is 12.8. The predicted octanol–water partition coefficient (Wildman–Crippen LogP) is 5.04. The molecule has 3 rings (SSSR count). The van der Waals surface area contributed by atoms with Gasteiger partial charge in [-0.25, -0.2) is 0 Å². The van der Waals surface area contributed by atoms with Crippen LogP contribution in [0.1, 0.15) is 35.6 Å². The average Bonchev–Trinajstić information content (AvgIpc) is 2.79. The molecule has 0 aromatic heterocycles. The van der Waals surface area contributed by atoms with E-state index in [1.807, 2.05) is 80.6 Å². The highest BCUT2D eigenvalue weighted by Crippen LogP contribution is 2.22. The van der Waals surface area contributed by atoms with Gasteiger partial charge in [0.1, 0.15) is 5.75 Å². The molecule has 4 heteroatoms. The summed E-state index contributed by atoms with van der Waals surface area (Å²) < 4.78 is 5.83. The summed E-state index contributed by atoms with van der Waals surface area (Å²) in [5, 5.41) is 14.1. The van der Waals surface area contributed by atoms with Crippen molar-refractivity contribution >= 4 is 5.91 Å². The number of amides is 1. The van der Waals surface area contributed by atoms with Gasteiger partial charge in [0.25, 0.3) is 5.91 Å². The van der Waals surface area contributed by atoms with Crippen molar-refractivity contribution < 1.29 is 14.6 Å². The summed E-state index contributed by atoms with van der Waals surface area (Å²) in [6.07, 6.45) is 1.40. The molecule has 0 fully saturated rings. The van der Waals surface area contributed by atoms with Gasteiger partial charge in [0.2, 0.25) is 0 Å². The fourth-order valence-corrected chi connectivity index (χ4v) is 4.24. The summed E-state index contributed by atoms with van der Waals surface area (Å²) in [5.41, 5.74) is 4.33. The molecule has 33 heavy (non-hydrogen) atoms. The molecule has 0 saturated heterocycles. The van der Waals surface area contributed by atoms with Crippen LogP contribution in [0, 0.1) is 19.8 Å².